The van der Waals surface area contributed by atoms with E-state index in [2.05, 4.69) is 9.72 Å². The molecule has 0 saturated carbocycles. The second-order valence-corrected chi connectivity index (χ2v) is 5.57. The van der Waals surface area contributed by atoms with Gasteiger partial charge in [0, 0.05) is 0 Å². The van der Waals surface area contributed by atoms with Crippen molar-refractivity contribution in [3.63, 3.8) is 0 Å². The van der Waals surface area contributed by atoms with Crippen molar-refractivity contribution in [2.24, 2.45) is 0 Å². The summed E-state index contributed by atoms with van der Waals surface area (Å²) < 4.78 is 47.2. The zero-order chi connectivity index (χ0) is 18.1. The van der Waals surface area contributed by atoms with E-state index in [1.165, 1.54) is 13.8 Å². The van der Waals surface area contributed by atoms with Gasteiger partial charge in [-0.15, -0.1) is 0 Å². The van der Waals surface area contributed by atoms with Crippen molar-refractivity contribution >= 4 is 5.97 Å². The normalized spacial score (nSPS) is 11.0. The predicted octanol–water partition coefficient (Wildman–Crippen LogP) is 3.75. The number of halogens is 3. The molecule has 0 bridgehead atoms. The minimum atomic E-state index is -1.12. The third-order valence-corrected chi connectivity index (χ3v) is 3.52. The van der Waals surface area contributed by atoms with E-state index < -0.39 is 40.1 Å². The van der Waals surface area contributed by atoms with E-state index in [9.17, 15) is 18.0 Å². The Morgan fingerprint density at radius 2 is 1.75 bits per heavy atom. The number of nitriles is 1. The molecular formula is C17H13F3N2O2. The van der Waals surface area contributed by atoms with Gasteiger partial charge in [0.15, 0.2) is 0 Å². The lowest BCUT2D eigenvalue weighted by Crippen LogP contribution is -2.15. The third-order valence-electron chi connectivity index (χ3n) is 3.52. The molecule has 0 amide bonds. The maximum absolute atomic E-state index is 14.4. The second-order valence-electron chi connectivity index (χ2n) is 5.57. The topological polar surface area (TPSA) is 63.0 Å². The monoisotopic (exact) mass is 334 g/mol. The molecule has 0 fully saturated rings. The number of benzene rings is 1. The Hall–Kier alpha value is -2.88. The van der Waals surface area contributed by atoms with E-state index >= 15 is 0 Å². The van der Waals surface area contributed by atoms with E-state index in [0.717, 1.165) is 31.4 Å². The molecule has 2 aromatic rings. The van der Waals surface area contributed by atoms with Gasteiger partial charge in [0.2, 0.25) is 0 Å². The van der Waals surface area contributed by atoms with E-state index in [0.29, 0.717) is 0 Å². The lowest BCUT2D eigenvalue weighted by atomic mass is 9.85. The van der Waals surface area contributed by atoms with Crippen molar-refractivity contribution in [2.45, 2.75) is 19.3 Å². The lowest BCUT2D eigenvalue weighted by molar-refractivity contribution is 0.0594. The van der Waals surface area contributed by atoms with Crippen LogP contribution in [0, 0.1) is 28.8 Å². The Morgan fingerprint density at radius 1 is 1.17 bits per heavy atom. The Morgan fingerprint density at radius 3 is 2.25 bits per heavy atom. The van der Waals surface area contributed by atoms with Gasteiger partial charge in [-0.2, -0.15) is 5.26 Å². The molecule has 0 aliphatic carbocycles. The number of ether oxygens (including phenoxy) is 1. The smallest absolute Gasteiger partial charge is 0.356 e. The number of hydrogen-bond donors (Lipinski definition) is 0. The summed E-state index contributed by atoms with van der Waals surface area (Å²) >= 11 is 0. The first-order valence-corrected chi connectivity index (χ1v) is 6.87. The number of esters is 1. The average Bonchev–Trinajstić information content (AvgIpc) is 2.55. The number of carbonyl (C=O) groups excluding carboxylic acids is 1. The van der Waals surface area contributed by atoms with Crippen LogP contribution < -0.4 is 0 Å². The Balaban J connectivity index is 2.66. The molecule has 0 spiro atoms. The van der Waals surface area contributed by atoms with Crippen LogP contribution in [-0.2, 0) is 10.2 Å². The van der Waals surface area contributed by atoms with E-state index in [1.807, 2.05) is 6.07 Å². The van der Waals surface area contributed by atoms with E-state index in [1.54, 1.807) is 0 Å². The predicted molar refractivity (Wildman–Crippen MR) is 79.5 cm³/mol. The number of rotatable bonds is 3. The van der Waals surface area contributed by atoms with Gasteiger partial charge in [-0.3, -0.25) is 0 Å². The van der Waals surface area contributed by atoms with Crippen LogP contribution in [0.3, 0.4) is 0 Å². The van der Waals surface area contributed by atoms with Crippen LogP contribution in [0.4, 0.5) is 13.2 Å². The molecule has 4 nitrogen and oxygen atoms in total. The van der Waals surface area contributed by atoms with Gasteiger partial charge in [0.1, 0.15) is 28.8 Å². The van der Waals surface area contributed by atoms with Crippen molar-refractivity contribution in [2.75, 3.05) is 7.11 Å². The highest BCUT2D eigenvalue weighted by Crippen LogP contribution is 2.32. The number of hydrogen-bond acceptors (Lipinski definition) is 4. The highest BCUT2D eigenvalue weighted by Gasteiger charge is 2.26. The van der Waals surface area contributed by atoms with Crippen LogP contribution in [0.2, 0.25) is 0 Å². The van der Waals surface area contributed by atoms with Gasteiger partial charge in [-0.05, 0) is 43.7 Å². The van der Waals surface area contributed by atoms with Gasteiger partial charge >= 0.3 is 5.97 Å². The van der Waals surface area contributed by atoms with Crippen LogP contribution in [-0.4, -0.2) is 18.1 Å². The minimum Gasteiger partial charge on any atom is -0.464 e. The number of aromatic nitrogens is 1. The summed E-state index contributed by atoms with van der Waals surface area (Å²) in [5.74, 6) is -4.02. The first kappa shape index (κ1) is 17.5. The molecule has 0 radical (unpaired) electrons. The molecule has 0 aliphatic rings. The molecule has 1 heterocycles. The van der Waals surface area contributed by atoms with Gasteiger partial charge in [0.25, 0.3) is 0 Å². The molecule has 1 aromatic heterocycles. The first-order valence-electron chi connectivity index (χ1n) is 6.87. The summed E-state index contributed by atoms with van der Waals surface area (Å²) in [5.41, 5.74) is -2.66. The maximum Gasteiger partial charge on any atom is 0.356 e. The van der Waals surface area contributed by atoms with Gasteiger partial charge < -0.3 is 4.74 Å². The summed E-state index contributed by atoms with van der Waals surface area (Å²) in [5, 5.41) is 9.07. The maximum atomic E-state index is 14.4. The zero-order valence-corrected chi connectivity index (χ0v) is 13.2. The highest BCUT2D eigenvalue weighted by atomic mass is 19.1. The van der Waals surface area contributed by atoms with E-state index in [-0.39, 0.29) is 11.3 Å². The zero-order valence-electron chi connectivity index (χ0n) is 13.2. The van der Waals surface area contributed by atoms with Crippen LogP contribution in [0.5, 0.6) is 0 Å². The highest BCUT2D eigenvalue weighted by molar-refractivity contribution is 5.87. The Kier molecular flexibility index (Phi) is 4.60. The summed E-state index contributed by atoms with van der Waals surface area (Å²) in [6.45, 7) is 3.00. The fourth-order valence-electron chi connectivity index (χ4n) is 2.06. The number of pyridine rings is 1. The molecular weight excluding hydrogens is 321 g/mol. The first-order chi connectivity index (χ1) is 11.2. The largest absolute Gasteiger partial charge is 0.464 e. The molecule has 124 valence electrons. The van der Waals surface area contributed by atoms with Crippen molar-refractivity contribution < 1.29 is 22.7 Å². The summed E-state index contributed by atoms with van der Waals surface area (Å²) in [4.78, 5) is 15.1. The van der Waals surface area contributed by atoms with Crippen molar-refractivity contribution in [1.29, 1.82) is 5.26 Å². The fraction of sp³-hybridized carbons (Fsp3) is 0.235. The molecule has 7 heteroatoms. The van der Waals surface area contributed by atoms with Crippen LogP contribution in [0.25, 0.3) is 11.3 Å². The Bertz CT molecular complexity index is 834. The molecule has 0 saturated heterocycles. The molecule has 0 N–H and O–H groups in total. The molecule has 0 aliphatic heterocycles. The van der Waals surface area contributed by atoms with Crippen LogP contribution in [0.1, 0.15) is 29.9 Å². The van der Waals surface area contributed by atoms with Crippen LogP contribution >= 0.6 is 0 Å². The quantitative estimate of drug-likeness (QED) is 0.802. The van der Waals surface area contributed by atoms with Gasteiger partial charge in [-0.25, -0.2) is 22.9 Å². The fourth-order valence-corrected chi connectivity index (χ4v) is 2.06. The molecule has 2 rings (SSSR count). The summed E-state index contributed by atoms with van der Waals surface area (Å²) in [7, 11) is 1.10. The SMILES string of the molecule is COC(=O)c1ccc(F)c(-c2c(F)cc(C(C)(C)C#N)cc2F)n1. The standard InChI is InChI=1S/C17H13F3N2O2/c1-17(2,8-21)9-6-11(19)14(12(20)7-9)15-10(18)4-5-13(22-15)16(23)24-3/h4-7H,1-3H3. The van der Waals surface area contributed by atoms with Gasteiger partial charge in [0.05, 0.1) is 24.2 Å². The second kappa shape index (κ2) is 6.32. The average molecular weight is 334 g/mol. The minimum absolute atomic E-state index is 0.105. The molecule has 0 unspecified atom stereocenters. The van der Waals surface area contributed by atoms with Crippen molar-refractivity contribution in [3.8, 4) is 17.3 Å². The van der Waals surface area contributed by atoms with Crippen LogP contribution in [0.15, 0.2) is 24.3 Å². The van der Waals surface area contributed by atoms with E-state index in [4.69, 9.17) is 5.26 Å². The summed E-state index contributed by atoms with van der Waals surface area (Å²) in [6, 6.07) is 5.76. The van der Waals surface area contributed by atoms with Gasteiger partial charge in [-0.1, -0.05) is 0 Å². The molecule has 0 atom stereocenters. The van der Waals surface area contributed by atoms with Crippen molar-refractivity contribution in [1.82, 2.24) is 4.98 Å². The van der Waals surface area contributed by atoms with Crippen molar-refractivity contribution in [3.05, 3.63) is 53.0 Å². The third kappa shape index (κ3) is 3.08. The Labute approximate surface area is 136 Å². The summed E-state index contributed by atoms with van der Waals surface area (Å²) in [6.07, 6.45) is 0. The number of carbonyl (C=O) groups is 1. The lowest BCUT2D eigenvalue weighted by Gasteiger charge is -2.17. The molecule has 1 aromatic carbocycles. The molecule has 24 heavy (non-hydrogen) atoms. The number of nitrogens with zero attached hydrogens (tertiary/aromatic N) is 2. The number of methoxy groups -OCH3 is 1.